The summed E-state index contributed by atoms with van der Waals surface area (Å²) in [6, 6.07) is 5.72. The van der Waals surface area contributed by atoms with Gasteiger partial charge in [-0.3, -0.25) is 4.90 Å². The molecular formula is C19H27NO4. The number of esters is 1. The van der Waals surface area contributed by atoms with Gasteiger partial charge in [0.05, 0.1) is 26.4 Å². The van der Waals surface area contributed by atoms with Crippen LogP contribution in [0.3, 0.4) is 0 Å². The molecule has 2 heterocycles. The zero-order valence-electron chi connectivity index (χ0n) is 14.6. The fourth-order valence-corrected chi connectivity index (χ4v) is 4.00. The first-order valence-corrected chi connectivity index (χ1v) is 8.86. The monoisotopic (exact) mass is 333 g/mol. The van der Waals surface area contributed by atoms with Crippen molar-refractivity contribution in [2.24, 2.45) is 5.92 Å². The number of hydrogen-bond donors (Lipinski definition) is 0. The highest BCUT2D eigenvalue weighted by Gasteiger charge is 2.33. The second kappa shape index (κ2) is 7.88. The fraction of sp³-hybridized carbons (Fsp3) is 0.632. The van der Waals surface area contributed by atoms with Crippen molar-refractivity contribution < 1.29 is 19.0 Å². The van der Waals surface area contributed by atoms with Gasteiger partial charge in [-0.25, -0.2) is 4.79 Å². The summed E-state index contributed by atoms with van der Waals surface area (Å²) >= 11 is 0. The minimum Gasteiger partial charge on any atom is -0.493 e. The number of hydrogen-bond acceptors (Lipinski definition) is 5. The van der Waals surface area contributed by atoms with Gasteiger partial charge in [-0.1, -0.05) is 6.42 Å². The molecule has 0 spiro atoms. The van der Waals surface area contributed by atoms with Crippen molar-refractivity contribution in [3.05, 3.63) is 23.8 Å². The number of ether oxygens (including phenoxy) is 3. The van der Waals surface area contributed by atoms with Crippen molar-refractivity contribution in [1.29, 1.82) is 0 Å². The van der Waals surface area contributed by atoms with Crippen LogP contribution >= 0.6 is 0 Å². The molecule has 2 unspecified atom stereocenters. The average molecular weight is 333 g/mol. The average Bonchev–Trinajstić information content (AvgIpc) is 2.65. The standard InChI is InChI=1S/C19H27NO4/c1-22-17-9-8-14(12-18(17)23-2)19(21)24-13-15-6-5-11-20-10-4-3-7-16(15)20/h8-9,12,15-16H,3-7,10-11,13H2,1-2H3. The molecule has 0 radical (unpaired) electrons. The summed E-state index contributed by atoms with van der Waals surface area (Å²) in [4.78, 5) is 15.0. The van der Waals surface area contributed by atoms with E-state index in [9.17, 15) is 4.79 Å². The number of carbonyl (C=O) groups excluding carboxylic acids is 1. The zero-order chi connectivity index (χ0) is 16.9. The van der Waals surface area contributed by atoms with Crippen molar-refractivity contribution in [3.63, 3.8) is 0 Å². The number of fused-ring (bicyclic) bond motifs is 1. The molecule has 1 aromatic carbocycles. The Bertz CT molecular complexity index is 572. The highest BCUT2D eigenvalue weighted by molar-refractivity contribution is 5.90. The Morgan fingerprint density at radius 3 is 2.67 bits per heavy atom. The highest BCUT2D eigenvalue weighted by atomic mass is 16.5. The van der Waals surface area contributed by atoms with Crippen molar-refractivity contribution in [1.82, 2.24) is 4.90 Å². The van der Waals surface area contributed by atoms with Crippen LogP contribution in [0.5, 0.6) is 11.5 Å². The van der Waals surface area contributed by atoms with Gasteiger partial charge < -0.3 is 14.2 Å². The summed E-state index contributed by atoms with van der Waals surface area (Å²) < 4.78 is 16.1. The molecule has 0 amide bonds. The van der Waals surface area contributed by atoms with Crippen molar-refractivity contribution in [3.8, 4) is 11.5 Å². The second-order valence-corrected chi connectivity index (χ2v) is 6.67. The Morgan fingerprint density at radius 1 is 1.08 bits per heavy atom. The Hall–Kier alpha value is -1.75. The molecule has 2 fully saturated rings. The summed E-state index contributed by atoms with van der Waals surface area (Å²) in [6.07, 6.45) is 6.18. The van der Waals surface area contributed by atoms with Gasteiger partial charge in [0.15, 0.2) is 11.5 Å². The van der Waals surface area contributed by atoms with Crippen LogP contribution in [0.25, 0.3) is 0 Å². The number of nitrogens with zero attached hydrogens (tertiary/aromatic N) is 1. The van der Waals surface area contributed by atoms with Crippen molar-refractivity contribution >= 4 is 5.97 Å². The molecule has 5 nitrogen and oxygen atoms in total. The van der Waals surface area contributed by atoms with Gasteiger partial charge in [-0.2, -0.15) is 0 Å². The summed E-state index contributed by atoms with van der Waals surface area (Å²) in [5.41, 5.74) is 0.504. The molecule has 2 saturated heterocycles. The molecule has 2 atom stereocenters. The molecule has 0 bridgehead atoms. The molecule has 2 aliphatic heterocycles. The predicted molar refractivity (Wildman–Crippen MR) is 91.8 cm³/mol. The maximum Gasteiger partial charge on any atom is 0.338 e. The number of benzene rings is 1. The Labute approximate surface area is 143 Å². The molecule has 1 aromatic rings. The normalized spacial score (nSPS) is 24.1. The minimum absolute atomic E-state index is 0.288. The van der Waals surface area contributed by atoms with E-state index in [0.29, 0.717) is 35.6 Å². The van der Waals surface area contributed by atoms with Gasteiger partial charge in [0.1, 0.15) is 0 Å². The largest absolute Gasteiger partial charge is 0.493 e. The summed E-state index contributed by atoms with van der Waals surface area (Å²) in [6.45, 7) is 2.91. The van der Waals surface area contributed by atoms with Gasteiger partial charge in [0, 0.05) is 12.0 Å². The summed E-state index contributed by atoms with van der Waals surface area (Å²) in [5.74, 6) is 1.33. The van der Waals surface area contributed by atoms with Crippen LogP contribution in [0.1, 0.15) is 42.5 Å². The molecule has 132 valence electrons. The van der Waals surface area contributed by atoms with E-state index in [1.165, 1.54) is 38.8 Å². The van der Waals surface area contributed by atoms with Crippen molar-refractivity contribution in [2.75, 3.05) is 33.9 Å². The molecule has 2 aliphatic rings. The van der Waals surface area contributed by atoms with Crippen LogP contribution in [0, 0.1) is 5.92 Å². The number of rotatable bonds is 5. The van der Waals surface area contributed by atoms with E-state index in [2.05, 4.69) is 4.90 Å². The molecule has 5 heteroatoms. The molecule has 3 rings (SSSR count). The number of methoxy groups -OCH3 is 2. The van der Waals surface area contributed by atoms with E-state index in [1.807, 2.05) is 0 Å². The number of piperidine rings is 2. The molecule has 24 heavy (non-hydrogen) atoms. The molecule has 0 aliphatic carbocycles. The SMILES string of the molecule is COc1ccc(C(=O)OCC2CCCN3CCCCC23)cc1OC. The van der Waals surface area contributed by atoms with Gasteiger partial charge in [0.2, 0.25) is 0 Å². The van der Waals surface area contributed by atoms with Crippen LogP contribution in [0.4, 0.5) is 0 Å². The molecule has 0 N–H and O–H groups in total. The van der Waals surface area contributed by atoms with Gasteiger partial charge in [-0.15, -0.1) is 0 Å². The Balaban J connectivity index is 1.60. The lowest BCUT2D eigenvalue weighted by atomic mass is 9.84. The third-order valence-electron chi connectivity index (χ3n) is 5.28. The minimum atomic E-state index is -0.288. The van der Waals surface area contributed by atoms with Crippen LogP contribution in [0.2, 0.25) is 0 Å². The lowest BCUT2D eigenvalue weighted by Gasteiger charge is -2.44. The van der Waals surface area contributed by atoms with E-state index in [0.717, 1.165) is 6.42 Å². The number of carbonyl (C=O) groups is 1. The highest BCUT2D eigenvalue weighted by Crippen LogP contribution is 2.32. The first-order valence-electron chi connectivity index (χ1n) is 8.86. The van der Waals surface area contributed by atoms with E-state index in [4.69, 9.17) is 14.2 Å². The van der Waals surface area contributed by atoms with Crippen LogP contribution in [0.15, 0.2) is 18.2 Å². The molecular weight excluding hydrogens is 306 g/mol. The smallest absolute Gasteiger partial charge is 0.338 e. The Morgan fingerprint density at radius 2 is 1.88 bits per heavy atom. The lowest BCUT2D eigenvalue weighted by Crippen LogP contribution is -2.49. The van der Waals surface area contributed by atoms with E-state index in [-0.39, 0.29) is 5.97 Å². The maximum atomic E-state index is 12.4. The topological polar surface area (TPSA) is 48.0 Å². The lowest BCUT2D eigenvalue weighted by molar-refractivity contribution is 0.00737. The first kappa shape index (κ1) is 17.1. The third kappa shape index (κ3) is 3.66. The maximum absolute atomic E-state index is 12.4. The van der Waals surface area contributed by atoms with Crippen LogP contribution < -0.4 is 9.47 Å². The van der Waals surface area contributed by atoms with E-state index in [1.54, 1.807) is 32.4 Å². The summed E-state index contributed by atoms with van der Waals surface area (Å²) in [7, 11) is 3.14. The van der Waals surface area contributed by atoms with Gasteiger partial charge in [-0.05, 0) is 57.0 Å². The quantitative estimate of drug-likeness (QED) is 0.775. The van der Waals surface area contributed by atoms with Crippen molar-refractivity contribution in [2.45, 2.75) is 38.1 Å². The van der Waals surface area contributed by atoms with E-state index >= 15 is 0 Å². The predicted octanol–water partition coefficient (Wildman–Crippen LogP) is 3.13. The van der Waals surface area contributed by atoms with Gasteiger partial charge >= 0.3 is 5.97 Å². The molecule has 0 saturated carbocycles. The zero-order valence-corrected chi connectivity index (χ0v) is 14.6. The van der Waals surface area contributed by atoms with Gasteiger partial charge in [0.25, 0.3) is 0 Å². The van der Waals surface area contributed by atoms with Crippen LogP contribution in [-0.2, 0) is 4.74 Å². The third-order valence-corrected chi connectivity index (χ3v) is 5.28. The fourth-order valence-electron chi connectivity index (χ4n) is 4.00. The van der Waals surface area contributed by atoms with E-state index < -0.39 is 0 Å². The van der Waals surface area contributed by atoms with Crippen LogP contribution in [-0.4, -0.2) is 50.8 Å². The Kier molecular flexibility index (Phi) is 5.61. The summed E-state index contributed by atoms with van der Waals surface area (Å²) in [5, 5.41) is 0. The second-order valence-electron chi connectivity index (χ2n) is 6.67. The molecule has 0 aromatic heterocycles. The first-order chi connectivity index (χ1) is 11.7.